The maximum Gasteiger partial charge on any atom is 0.179 e. The molecule has 0 aliphatic carbocycles. The minimum absolute atomic E-state index is 0.354. The van der Waals surface area contributed by atoms with Crippen LogP contribution in [0.25, 0.3) is 44.1 Å². The molecule has 0 saturated heterocycles. The smallest absolute Gasteiger partial charge is 0.179 e. The van der Waals surface area contributed by atoms with Gasteiger partial charge < -0.3 is 19.7 Å². The molecule has 0 amide bonds. The Kier molecular flexibility index (Phi) is 6.65. The molecule has 6 rings (SSSR count). The fourth-order valence-electron chi connectivity index (χ4n) is 5.47. The van der Waals surface area contributed by atoms with Gasteiger partial charge in [0.25, 0.3) is 0 Å². The lowest BCUT2D eigenvalue weighted by Crippen LogP contribution is -2.82. The van der Waals surface area contributed by atoms with Crippen LogP contribution in [0.15, 0.2) is 121 Å². The van der Waals surface area contributed by atoms with Gasteiger partial charge in [0.1, 0.15) is 0 Å². The minimum atomic E-state index is -0.833. The SMILES string of the molecule is COc1ccccc1[NH2+]CC([O-])Cn1c(-c2ccccc2)c(-c2ccccc2)c2ccc3ccccc3c21. The molecule has 4 nitrogen and oxygen atoms in total. The van der Waals surface area contributed by atoms with Crippen LogP contribution in [0.1, 0.15) is 0 Å². The Morgan fingerprint density at radius 2 is 1.37 bits per heavy atom. The van der Waals surface area contributed by atoms with E-state index in [0.717, 1.165) is 44.5 Å². The van der Waals surface area contributed by atoms with E-state index in [1.54, 1.807) is 7.11 Å². The summed E-state index contributed by atoms with van der Waals surface area (Å²) >= 11 is 0. The molecule has 5 aromatic carbocycles. The van der Waals surface area contributed by atoms with Crippen LogP contribution in [-0.2, 0) is 6.54 Å². The van der Waals surface area contributed by atoms with Gasteiger partial charge in [0.2, 0.25) is 0 Å². The molecule has 0 radical (unpaired) electrons. The Bertz CT molecular complexity index is 1690. The molecule has 188 valence electrons. The first kappa shape index (κ1) is 24.0. The maximum absolute atomic E-state index is 13.7. The monoisotopic (exact) mass is 498 g/mol. The number of aromatic nitrogens is 1. The number of methoxy groups -OCH3 is 1. The molecule has 1 aromatic heterocycles. The van der Waals surface area contributed by atoms with Crippen LogP contribution in [0.2, 0.25) is 0 Å². The zero-order chi connectivity index (χ0) is 25.9. The molecule has 2 N–H and O–H groups in total. The van der Waals surface area contributed by atoms with Crippen LogP contribution < -0.4 is 15.2 Å². The number of benzene rings is 5. The predicted molar refractivity (Wildman–Crippen MR) is 154 cm³/mol. The topological polar surface area (TPSA) is 53.8 Å². The first-order chi connectivity index (χ1) is 18.7. The molecule has 1 atom stereocenters. The molecule has 0 spiro atoms. The lowest BCUT2D eigenvalue weighted by atomic mass is 9.97. The van der Waals surface area contributed by atoms with Crippen LogP contribution in [0.5, 0.6) is 5.75 Å². The summed E-state index contributed by atoms with van der Waals surface area (Å²) in [4.78, 5) is 0. The molecule has 0 bridgehead atoms. The molecule has 1 heterocycles. The van der Waals surface area contributed by atoms with Crippen molar-refractivity contribution in [3.05, 3.63) is 121 Å². The van der Waals surface area contributed by atoms with E-state index in [9.17, 15) is 5.11 Å². The first-order valence-electron chi connectivity index (χ1n) is 13.0. The van der Waals surface area contributed by atoms with Crippen LogP contribution in [0.3, 0.4) is 0 Å². The Hall–Kier alpha value is -4.38. The predicted octanol–water partition coefficient (Wildman–Crippen LogP) is 5.76. The van der Waals surface area contributed by atoms with Gasteiger partial charge in [0.15, 0.2) is 11.4 Å². The van der Waals surface area contributed by atoms with Gasteiger partial charge >= 0.3 is 0 Å². The normalized spacial score (nSPS) is 12.2. The molecule has 0 saturated carbocycles. The Morgan fingerprint density at radius 1 is 0.711 bits per heavy atom. The van der Waals surface area contributed by atoms with E-state index in [2.05, 4.69) is 89.5 Å². The lowest BCUT2D eigenvalue weighted by molar-refractivity contribution is -0.613. The summed E-state index contributed by atoms with van der Waals surface area (Å²) in [6, 6.07) is 41.6. The third kappa shape index (κ3) is 4.45. The summed E-state index contributed by atoms with van der Waals surface area (Å²) in [5.74, 6) is 0.786. The summed E-state index contributed by atoms with van der Waals surface area (Å²) in [5, 5.41) is 19.2. The zero-order valence-electron chi connectivity index (χ0n) is 21.4. The van der Waals surface area contributed by atoms with Gasteiger partial charge in [-0.1, -0.05) is 115 Å². The molecule has 0 fully saturated rings. The number of hydrogen-bond donors (Lipinski definition) is 1. The summed E-state index contributed by atoms with van der Waals surface area (Å²) in [6.45, 7) is 0.757. The minimum Gasteiger partial charge on any atom is -0.847 e. The fourth-order valence-corrected chi connectivity index (χ4v) is 5.47. The number of quaternary nitrogens is 1. The van der Waals surface area contributed by atoms with Gasteiger partial charge in [-0.2, -0.15) is 0 Å². The number of nitrogens with two attached hydrogens (primary N) is 1. The first-order valence-corrected chi connectivity index (χ1v) is 13.0. The third-order valence-corrected chi connectivity index (χ3v) is 7.18. The van der Waals surface area contributed by atoms with E-state index >= 15 is 0 Å². The number of rotatable bonds is 8. The quantitative estimate of drug-likeness (QED) is 0.271. The van der Waals surface area contributed by atoms with Crippen LogP contribution in [-0.4, -0.2) is 24.3 Å². The van der Waals surface area contributed by atoms with Gasteiger partial charge in [0.05, 0.1) is 24.9 Å². The Balaban J connectivity index is 1.53. The van der Waals surface area contributed by atoms with E-state index in [0.29, 0.717) is 13.1 Å². The number of ether oxygens (including phenoxy) is 1. The largest absolute Gasteiger partial charge is 0.847 e. The Morgan fingerprint density at radius 3 is 2.13 bits per heavy atom. The highest BCUT2D eigenvalue weighted by atomic mass is 16.5. The van der Waals surface area contributed by atoms with E-state index in [-0.39, 0.29) is 0 Å². The van der Waals surface area contributed by atoms with Crippen molar-refractivity contribution in [3.63, 3.8) is 0 Å². The molecule has 0 aliphatic heterocycles. The van der Waals surface area contributed by atoms with Gasteiger partial charge in [-0.3, -0.25) is 0 Å². The van der Waals surface area contributed by atoms with Crippen molar-refractivity contribution in [3.8, 4) is 28.1 Å². The Labute approximate surface area is 222 Å². The second kappa shape index (κ2) is 10.5. The van der Waals surface area contributed by atoms with Gasteiger partial charge in [0, 0.05) is 28.9 Å². The van der Waals surface area contributed by atoms with Crippen molar-refractivity contribution in [2.45, 2.75) is 12.6 Å². The van der Waals surface area contributed by atoms with Gasteiger partial charge in [-0.05, 0) is 22.6 Å². The second-order valence-corrected chi connectivity index (χ2v) is 9.55. The molecule has 38 heavy (non-hydrogen) atoms. The average molecular weight is 499 g/mol. The standard InChI is InChI=1S/C34H29N2O2/c1-38-31-19-11-10-18-30(31)35-22-27(37)23-36-33(26-15-6-3-7-16-26)32(25-13-4-2-5-14-25)29-21-20-24-12-8-9-17-28(24)34(29)36/h2-21,27,35H,22-23H2,1H3/q-1/p+1. The fraction of sp³-hybridized carbons (Fsp3) is 0.118. The molecule has 0 aliphatic rings. The molecule has 6 aromatic rings. The van der Waals surface area contributed by atoms with Gasteiger partial charge in [-0.15, -0.1) is 0 Å². The van der Waals surface area contributed by atoms with Crippen molar-refractivity contribution in [1.29, 1.82) is 0 Å². The van der Waals surface area contributed by atoms with Gasteiger partial charge in [-0.25, -0.2) is 0 Å². The molecular weight excluding hydrogens is 468 g/mol. The highest BCUT2D eigenvalue weighted by molar-refractivity contribution is 6.15. The van der Waals surface area contributed by atoms with Crippen molar-refractivity contribution in [2.24, 2.45) is 0 Å². The van der Waals surface area contributed by atoms with E-state index in [1.807, 2.05) is 41.7 Å². The number of hydrogen-bond acceptors (Lipinski definition) is 2. The van der Waals surface area contributed by atoms with Crippen LogP contribution in [0.4, 0.5) is 5.69 Å². The second-order valence-electron chi connectivity index (χ2n) is 9.55. The zero-order valence-corrected chi connectivity index (χ0v) is 21.4. The third-order valence-electron chi connectivity index (χ3n) is 7.18. The number of para-hydroxylation sites is 2. The average Bonchev–Trinajstić information content (AvgIpc) is 3.31. The molecule has 1 unspecified atom stereocenters. The van der Waals surface area contributed by atoms with E-state index in [1.165, 1.54) is 10.9 Å². The highest BCUT2D eigenvalue weighted by Crippen LogP contribution is 2.43. The van der Waals surface area contributed by atoms with Crippen molar-refractivity contribution in [2.75, 3.05) is 13.7 Å². The highest BCUT2D eigenvalue weighted by Gasteiger charge is 2.22. The molecular formula is C34H30N2O2. The molecule has 4 heteroatoms. The van der Waals surface area contributed by atoms with Crippen molar-refractivity contribution < 1.29 is 15.2 Å². The van der Waals surface area contributed by atoms with E-state index in [4.69, 9.17) is 4.74 Å². The summed E-state index contributed by atoms with van der Waals surface area (Å²) in [5.41, 5.74) is 6.56. The van der Waals surface area contributed by atoms with Crippen LogP contribution >= 0.6 is 0 Å². The van der Waals surface area contributed by atoms with E-state index < -0.39 is 6.10 Å². The number of fused-ring (bicyclic) bond motifs is 3. The summed E-state index contributed by atoms with van der Waals surface area (Å²) in [7, 11) is 1.66. The lowest BCUT2D eigenvalue weighted by Gasteiger charge is -2.24. The van der Waals surface area contributed by atoms with Crippen LogP contribution in [0, 0.1) is 0 Å². The number of nitrogens with zero attached hydrogens (tertiary/aromatic N) is 1. The summed E-state index contributed by atoms with van der Waals surface area (Å²) in [6.07, 6.45) is -0.833. The van der Waals surface area contributed by atoms with Crippen molar-refractivity contribution in [1.82, 2.24) is 4.57 Å². The van der Waals surface area contributed by atoms with Crippen molar-refractivity contribution >= 4 is 27.4 Å². The maximum atomic E-state index is 13.7. The summed E-state index contributed by atoms with van der Waals surface area (Å²) < 4.78 is 7.76.